The van der Waals surface area contributed by atoms with Crippen molar-refractivity contribution < 1.29 is 8.42 Å². The van der Waals surface area contributed by atoms with Crippen LogP contribution in [0.4, 0.5) is 0 Å². The second-order valence-corrected chi connectivity index (χ2v) is 6.48. The fraction of sp³-hybridized carbons (Fsp3) is 0.400. The van der Waals surface area contributed by atoms with Crippen LogP contribution in [0.1, 0.15) is 24.1 Å². The Hall–Kier alpha value is -0.390. The molecule has 0 aromatic heterocycles. The summed E-state index contributed by atoms with van der Waals surface area (Å²) in [6.45, 7) is 3.80. The van der Waals surface area contributed by atoms with Crippen molar-refractivity contribution in [2.45, 2.75) is 19.9 Å². The lowest BCUT2D eigenvalue weighted by molar-refractivity contribution is 0.572. The van der Waals surface area contributed by atoms with Crippen molar-refractivity contribution in [1.82, 2.24) is 4.72 Å². The average molecular weight is 292 g/mol. The molecule has 0 aliphatic heterocycles. The number of hydrogen-bond acceptors (Lipinski definition) is 2. The maximum Gasteiger partial charge on any atom is 0.222 e. The van der Waals surface area contributed by atoms with Gasteiger partial charge in [0.15, 0.2) is 0 Å². The van der Waals surface area contributed by atoms with Gasteiger partial charge in [0, 0.05) is 6.04 Å². The third kappa shape index (κ3) is 3.59. The Kier molecular flexibility index (Phi) is 4.31. The Balaban J connectivity index is 2.87. The van der Waals surface area contributed by atoms with Crippen LogP contribution in [0.15, 0.2) is 24.3 Å². The zero-order chi connectivity index (χ0) is 11.5. The molecule has 0 spiro atoms. The molecular weight excluding hydrogens is 278 g/mol. The zero-order valence-corrected chi connectivity index (χ0v) is 11.1. The van der Waals surface area contributed by atoms with E-state index in [4.69, 9.17) is 0 Å². The van der Waals surface area contributed by atoms with Crippen molar-refractivity contribution in [3.05, 3.63) is 35.4 Å². The lowest BCUT2D eigenvalue weighted by atomic mass is 10.0. The van der Waals surface area contributed by atoms with Crippen molar-refractivity contribution in [3.8, 4) is 0 Å². The lowest BCUT2D eigenvalue weighted by Gasteiger charge is -2.15. The van der Waals surface area contributed by atoms with Crippen LogP contribution in [-0.4, -0.2) is 13.1 Å². The molecule has 0 bridgehead atoms. The molecule has 0 saturated heterocycles. The molecule has 0 heterocycles. The van der Waals surface area contributed by atoms with E-state index in [1.165, 1.54) is 0 Å². The number of hydrogen-bond donors (Lipinski definition) is 1. The molecule has 0 fully saturated rings. The summed E-state index contributed by atoms with van der Waals surface area (Å²) in [4.78, 5) is 0. The van der Waals surface area contributed by atoms with E-state index in [9.17, 15) is 8.42 Å². The average Bonchev–Trinajstić information content (AvgIpc) is 2.17. The van der Waals surface area contributed by atoms with Gasteiger partial charge < -0.3 is 0 Å². The Morgan fingerprint density at radius 1 is 1.40 bits per heavy atom. The Bertz CT molecular complexity index is 431. The maximum absolute atomic E-state index is 11.3. The molecule has 1 aromatic rings. The molecule has 1 N–H and O–H groups in total. The highest BCUT2D eigenvalue weighted by Crippen LogP contribution is 2.17. The number of benzene rings is 1. The summed E-state index contributed by atoms with van der Waals surface area (Å²) in [6.07, 6.45) is 0. The summed E-state index contributed by atoms with van der Waals surface area (Å²) in [5.74, 6) is 0. The van der Waals surface area contributed by atoms with Gasteiger partial charge in [-0.05, 0) is 25.0 Å². The van der Waals surface area contributed by atoms with Gasteiger partial charge in [-0.3, -0.25) is 0 Å². The van der Waals surface area contributed by atoms with Crippen LogP contribution in [0.3, 0.4) is 0 Å². The summed E-state index contributed by atoms with van der Waals surface area (Å²) in [5, 5.41) is 0. The van der Waals surface area contributed by atoms with E-state index >= 15 is 0 Å². The van der Waals surface area contributed by atoms with Gasteiger partial charge >= 0.3 is 0 Å². The molecule has 1 rings (SSSR count). The van der Waals surface area contributed by atoms with E-state index in [1.807, 2.05) is 38.1 Å². The van der Waals surface area contributed by atoms with Gasteiger partial charge in [0.05, 0.1) is 0 Å². The molecule has 1 atom stereocenters. The van der Waals surface area contributed by atoms with Crippen molar-refractivity contribution in [2.75, 3.05) is 4.66 Å². The Morgan fingerprint density at radius 3 is 2.53 bits per heavy atom. The van der Waals surface area contributed by atoms with Gasteiger partial charge in [-0.2, -0.15) is 0 Å². The number of sulfonamides is 1. The van der Waals surface area contributed by atoms with E-state index in [-0.39, 0.29) is 10.7 Å². The fourth-order valence-electron chi connectivity index (χ4n) is 1.44. The minimum atomic E-state index is -3.22. The number of nitrogens with one attached hydrogen (secondary N) is 1. The third-order valence-corrected chi connectivity index (χ3v) is 4.96. The third-order valence-electron chi connectivity index (χ3n) is 2.15. The van der Waals surface area contributed by atoms with E-state index in [1.54, 1.807) is 0 Å². The van der Waals surface area contributed by atoms with Gasteiger partial charge in [0.1, 0.15) is 4.66 Å². The van der Waals surface area contributed by atoms with E-state index in [0.29, 0.717) is 0 Å². The molecule has 0 amide bonds. The molecule has 5 heteroatoms. The highest BCUT2D eigenvalue weighted by molar-refractivity contribution is 9.10. The summed E-state index contributed by atoms with van der Waals surface area (Å²) < 4.78 is 25.2. The van der Waals surface area contributed by atoms with Crippen LogP contribution in [0.25, 0.3) is 0 Å². The van der Waals surface area contributed by atoms with Crippen LogP contribution < -0.4 is 4.72 Å². The highest BCUT2D eigenvalue weighted by Gasteiger charge is 2.15. The predicted octanol–water partition coefficient (Wildman–Crippen LogP) is 2.33. The quantitative estimate of drug-likeness (QED) is 0.866. The first-order valence-corrected chi connectivity index (χ1v) is 7.35. The van der Waals surface area contributed by atoms with Crippen LogP contribution >= 0.6 is 15.9 Å². The van der Waals surface area contributed by atoms with Gasteiger partial charge in [-0.25, -0.2) is 13.1 Å². The molecule has 0 aliphatic rings. The molecule has 3 nitrogen and oxygen atoms in total. The van der Waals surface area contributed by atoms with Gasteiger partial charge in [0.2, 0.25) is 10.0 Å². The molecule has 0 unspecified atom stereocenters. The monoisotopic (exact) mass is 291 g/mol. The van der Waals surface area contributed by atoms with Gasteiger partial charge in [-0.1, -0.05) is 40.2 Å². The summed E-state index contributed by atoms with van der Waals surface area (Å²) >= 11 is 2.94. The van der Waals surface area contributed by atoms with Crippen LogP contribution in [0.5, 0.6) is 0 Å². The molecule has 0 radical (unpaired) electrons. The maximum atomic E-state index is 11.3. The summed E-state index contributed by atoms with van der Waals surface area (Å²) in [5.41, 5.74) is 2.09. The first kappa shape index (κ1) is 12.7. The van der Waals surface area contributed by atoms with Crippen LogP contribution in [-0.2, 0) is 10.0 Å². The topological polar surface area (TPSA) is 46.2 Å². The van der Waals surface area contributed by atoms with Crippen molar-refractivity contribution >= 4 is 26.0 Å². The first-order valence-electron chi connectivity index (χ1n) is 4.58. The first-order chi connectivity index (χ1) is 6.96. The zero-order valence-electron chi connectivity index (χ0n) is 8.70. The highest BCUT2D eigenvalue weighted by atomic mass is 79.9. The molecule has 84 valence electrons. The van der Waals surface area contributed by atoms with E-state index in [2.05, 4.69) is 20.7 Å². The standard InChI is InChI=1S/C10H14BrNO2S/c1-8-5-3-4-6-10(8)9(2)12-15(13,14)7-11/h3-6,9,12H,7H2,1-2H3/t9-/m1/s1. The van der Waals surface area contributed by atoms with Crippen molar-refractivity contribution in [2.24, 2.45) is 0 Å². The van der Waals surface area contributed by atoms with Gasteiger partial charge in [-0.15, -0.1) is 0 Å². The van der Waals surface area contributed by atoms with Gasteiger partial charge in [0.25, 0.3) is 0 Å². The van der Waals surface area contributed by atoms with Crippen LogP contribution in [0.2, 0.25) is 0 Å². The molecule has 0 aliphatic carbocycles. The smallest absolute Gasteiger partial charge is 0.212 e. The number of halogens is 1. The molecule has 1 aromatic carbocycles. The predicted molar refractivity (Wildman–Crippen MR) is 65.4 cm³/mol. The van der Waals surface area contributed by atoms with Crippen LogP contribution in [0, 0.1) is 6.92 Å². The molecule has 0 saturated carbocycles. The number of aryl methyl sites for hydroxylation is 1. The second kappa shape index (κ2) is 5.09. The number of alkyl halides is 1. The largest absolute Gasteiger partial charge is 0.222 e. The molecular formula is C10H14BrNO2S. The number of rotatable bonds is 4. The lowest BCUT2D eigenvalue weighted by Crippen LogP contribution is -2.27. The van der Waals surface area contributed by atoms with Crippen molar-refractivity contribution in [3.63, 3.8) is 0 Å². The minimum Gasteiger partial charge on any atom is -0.212 e. The summed E-state index contributed by atoms with van der Waals surface area (Å²) in [7, 11) is -3.22. The Labute approximate surface area is 99.1 Å². The Morgan fingerprint density at radius 2 is 2.00 bits per heavy atom. The van der Waals surface area contributed by atoms with Crippen molar-refractivity contribution in [1.29, 1.82) is 0 Å². The van der Waals surface area contributed by atoms with E-state index < -0.39 is 10.0 Å². The van der Waals surface area contributed by atoms with E-state index in [0.717, 1.165) is 11.1 Å². The summed E-state index contributed by atoms with van der Waals surface area (Å²) in [6, 6.07) is 7.53. The normalized spacial score (nSPS) is 13.8. The molecule has 15 heavy (non-hydrogen) atoms. The second-order valence-electron chi connectivity index (χ2n) is 3.42. The minimum absolute atomic E-state index is 0.0732. The fourth-order valence-corrected chi connectivity index (χ4v) is 2.56. The SMILES string of the molecule is Cc1ccccc1[C@@H](C)NS(=O)(=O)CBr.